The van der Waals surface area contributed by atoms with Crippen LogP contribution in [-0.4, -0.2) is 36.8 Å². The molecule has 0 aliphatic carbocycles. The number of aryl methyl sites for hydroxylation is 1. The zero-order chi connectivity index (χ0) is 26.9. The predicted molar refractivity (Wildman–Crippen MR) is 147 cm³/mol. The van der Waals surface area contributed by atoms with Crippen LogP contribution in [0.1, 0.15) is 30.1 Å². The second-order valence-corrected chi connectivity index (χ2v) is 12.5. The molecule has 10 heteroatoms. The molecule has 2 aromatic carbocycles. The first-order valence-electron chi connectivity index (χ1n) is 12.3. The Balaban J connectivity index is 1.48. The van der Waals surface area contributed by atoms with Gasteiger partial charge in [-0.1, -0.05) is 19.9 Å². The second-order valence-electron chi connectivity index (χ2n) is 9.76. The zero-order valence-electron chi connectivity index (χ0n) is 21.4. The largest absolute Gasteiger partial charge is 0.464 e. The van der Waals surface area contributed by atoms with Crippen molar-refractivity contribution in [3.63, 3.8) is 0 Å². The summed E-state index contributed by atoms with van der Waals surface area (Å²) in [5.74, 6) is -0.119. The maximum Gasteiger partial charge on any atom is 0.241 e. The number of amides is 1. The van der Waals surface area contributed by atoms with E-state index in [2.05, 4.69) is 9.71 Å². The van der Waals surface area contributed by atoms with Crippen LogP contribution in [0.25, 0.3) is 21.9 Å². The van der Waals surface area contributed by atoms with Crippen LogP contribution < -0.4 is 4.72 Å². The number of hydrogen-bond acceptors (Lipinski definition) is 7. The first-order chi connectivity index (χ1) is 18.2. The Morgan fingerprint density at radius 3 is 2.37 bits per heavy atom. The van der Waals surface area contributed by atoms with Gasteiger partial charge in [-0.15, -0.1) is 11.3 Å². The van der Waals surface area contributed by atoms with Crippen LogP contribution in [0.3, 0.4) is 0 Å². The highest BCUT2D eigenvalue weighted by Crippen LogP contribution is 2.23. The fourth-order valence-electron chi connectivity index (χ4n) is 4.50. The fourth-order valence-corrected chi connectivity index (χ4v) is 6.32. The topological polar surface area (TPSA) is 106 Å². The van der Waals surface area contributed by atoms with Crippen molar-refractivity contribution >= 4 is 49.2 Å². The van der Waals surface area contributed by atoms with Crippen molar-refractivity contribution in [3.05, 3.63) is 82.7 Å². The van der Waals surface area contributed by atoms with Crippen LogP contribution in [0.5, 0.6) is 0 Å². The van der Waals surface area contributed by atoms with Gasteiger partial charge in [0.1, 0.15) is 17.2 Å². The van der Waals surface area contributed by atoms with Crippen LogP contribution in [0.15, 0.2) is 80.2 Å². The normalized spacial score (nSPS) is 12.9. The van der Waals surface area contributed by atoms with Crippen LogP contribution in [0.2, 0.25) is 0 Å². The summed E-state index contributed by atoms with van der Waals surface area (Å²) < 4.78 is 40.6. The highest BCUT2D eigenvalue weighted by Gasteiger charge is 2.31. The fraction of sp³-hybridized carbons (Fsp3) is 0.286. The maximum atomic E-state index is 14.0. The van der Waals surface area contributed by atoms with E-state index in [4.69, 9.17) is 8.83 Å². The Labute approximate surface area is 225 Å². The molecule has 1 N–H and O–H groups in total. The quantitative estimate of drug-likeness (QED) is 0.245. The van der Waals surface area contributed by atoms with E-state index in [-0.39, 0.29) is 23.1 Å². The van der Waals surface area contributed by atoms with E-state index in [1.165, 1.54) is 23.7 Å². The standard InChI is InChI=1S/C28H29N3O5S2/c1-18(2)15-31(16-23-17-37-19(3)29-23)28(32)25(13-20-4-6-26-21(12-20)8-10-35-26)30-38(33,34)24-5-7-27-22(14-24)9-11-36-27/h4-12,14,17-18,25,30H,13,15-16H2,1-3H3/t25-/m1/s1. The number of nitrogens with zero attached hydrogens (tertiary/aromatic N) is 2. The molecule has 0 spiro atoms. The summed E-state index contributed by atoms with van der Waals surface area (Å²) in [6.45, 7) is 6.75. The van der Waals surface area contributed by atoms with Crippen molar-refractivity contribution in [2.45, 2.75) is 44.7 Å². The van der Waals surface area contributed by atoms with Gasteiger partial charge in [-0.3, -0.25) is 4.79 Å². The first-order valence-corrected chi connectivity index (χ1v) is 14.7. The molecule has 0 saturated carbocycles. The molecule has 0 unspecified atom stereocenters. The molecule has 3 aromatic heterocycles. The number of rotatable bonds is 10. The monoisotopic (exact) mass is 551 g/mol. The van der Waals surface area contributed by atoms with Gasteiger partial charge in [0.25, 0.3) is 0 Å². The van der Waals surface area contributed by atoms with Gasteiger partial charge in [0.15, 0.2) is 0 Å². The summed E-state index contributed by atoms with van der Waals surface area (Å²) in [7, 11) is -4.03. The third kappa shape index (κ3) is 5.82. The first kappa shape index (κ1) is 26.1. The molecule has 0 aliphatic rings. The molecule has 1 amide bonds. The van der Waals surface area contributed by atoms with Gasteiger partial charge in [0.05, 0.1) is 34.7 Å². The van der Waals surface area contributed by atoms with Crippen LogP contribution in [-0.2, 0) is 27.8 Å². The van der Waals surface area contributed by atoms with Crippen LogP contribution in [0, 0.1) is 12.8 Å². The van der Waals surface area contributed by atoms with Crippen molar-refractivity contribution in [3.8, 4) is 0 Å². The number of thiazole rings is 1. The number of furan rings is 2. The second kappa shape index (κ2) is 10.7. The van der Waals surface area contributed by atoms with E-state index in [9.17, 15) is 13.2 Å². The lowest BCUT2D eigenvalue weighted by Crippen LogP contribution is -2.50. The van der Waals surface area contributed by atoms with E-state index in [0.29, 0.717) is 24.1 Å². The molecular weight excluding hydrogens is 522 g/mol. The minimum absolute atomic E-state index is 0.0695. The zero-order valence-corrected chi connectivity index (χ0v) is 23.0. The minimum atomic E-state index is -4.03. The predicted octanol–water partition coefficient (Wildman–Crippen LogP) is 5.52. The van der Waals surface area contributed by atoms with Gasteiger partial charge >= 0.3 is 0 Å². The molecule has 38 heavy (non-hydrogen) atoms. The maximum absolute atomic E-state index is 14.0. The van der Waals surface area contributed by atoms with Crippen molar-refractivity contribution in [2.24, 2.45) is 5.92 Å². The Morgan fingerprint density at radius 2 is 1.71 bits per heavy atom. The lowest BCUT2D eigenvalue weighted by molar-refractivity contribution is -0.134. The third-order valence-electron chi connectivity index (χ3n) is 6.20. The van der Waals surface area contributed by atoms with Gasteiger partial charge in [0, 0.05) is 22.7 Å². The van der Waals surface area contributed by atoms with E-state index < -0.39 is 16.1 Å². The molecule has 0 fully saturated rings. The molecule has 5 aromatic rings. The number of carbonyl (C=O) groups is 1. The van der Waals surface area contributed by atoms with E-state index in [1.807, 2.05) is 50.4 Å². The Kier molecular flexibility index (Phi) is 7.38. The van der Waals surface area contributed by atoms with Gasteiger partial charge in [-0.25, -0.2) is 13.4 Å². The number of nitrogens with one attached hydrogen (secondary N) is 1. The highest BCUT2D eigenvalue weighted by atomic mass is 32.2. The molecular formula is C28H29N3O5S2. The van der Waals surface area contributed by atoms with E-state index >= 15 is 0 Å². The number of hydrogen-bond donors (Lipinski definition) is 1. The van der Waals surface area contributed by atoms with E-state index in [1.54, 1.807) is 29.4 Å². The highest BCUT2D eigenvalue weighted by molar-refractivity contribution is 7.89. The Morgan fingerprint density at radius 1 is 1.03 bits per heavy atom. The SMILES string of the molecule is Cc1nc(CN(CC(C)C)C(=O)[C@@H](Cc2ccc3occc3c2)NS(=O)(=O)c2ccc3occc3c2)cs1. The number of carbonyl (C=O) groups excluding carboxylic acids is 1. The molecule has 8 nitrogen and oxygen atoms in total. The lowest BCUT2D eigenvalue weighted by Gasteiger charge is -2.29. The molecule has 0 radical (unpaired) electrons. The van der Waals surface area contributed by atoms with Crippen molar-refractivity contribution in [1.82, 2.24) is 14.6 Å². The summed E-state index contributed by atoms with van der Waals surface area (Å²) in [6.07, 6.45) is 3.29. The lowest BCUT2D eigenvalue weighted by atomic mass is 10.0. The van der Waals surface area contributed by atoms with Crippen molar-refractivity contribution in [2.75, 3.05) is 6.54 Å². The average Bonchev–Trinajstić information content (AvgIpc) is 3.62. The molecule has 5 rings (SSSR count). The summed E-state index contributed by atoms with van der Waals surface area (Å²) in [4.78, 5) is 20.3. The van der Waals surface area contributed by atoms with Gasteiger partial charge in [-0.2, -0.15) is 4.72 Å². The van der Waals surface area contributed by atoms with Gasteiger partial charge < -0.3 is 13.7 Å². The molecule has 3 heterocycles. The number of sulfonamides is 1. The third-order valence-corrected chi connectivity index (χ3v) is 8.49. The molecule has 0 saturated heterocycles. The molecule has 198 valence electrons. The molecule has 0 aliphatic heterocycles. The summed E-state index contributed by atoms with van der Waals surface area (Å²) in [5.41, 5.74) is 2.92. The summed E-state index contributed by atoms with van der Waals surface area (Å²) in [5, 5.41) is 4.40. The van der Waals surface area contributed by atoms with Crippen LogP contribution >= 0.6 is 11.3 Å². The van der Waals surface area contributed by atoms with E-state index in [0.717, 1.165) is 27.2 Å². The smallest absolute Gasteiger partial charge is 0.241 e. The minimum Gasteiger partial charge on any atom is -0.464 e. The molecule has 1 atom stereocenters. The molecule has 0 bridgehead atoms. The Hall–Kier alpha value is -3.47. The summed E-state index contributed by atoms with van der Waals surface area (Å²) >= 11 is 1.52. The Bertz CT molecular complexity index is 1680. The van der Waals surface area contributed by atoms with Crippen molar-refractivity contribution in [1.29, 1.82) is 0 Å². The van der Waals surface area contributed by atoms with Gasteiger partial charge in [-0.05, 0) is 67.3 Å². The average molecular weight is 552 g/mol. The number of aromatic nitrogens is 1. The van der Waals surface area contributed by atoms with Gasteiger partial charge in [0.2, 0.25) is 15.9 Å². The summed E-state index contributed by atoms with van der Waals surface area (Å²) in [6, 6.07) is 12.8. The number of fused-ring (bicyclic) bond motifs is 2. The number of benzene rings is 2. The van der Waals surface area contributed by atoms with Crippen molar-refractivity contribution < 1.29 is 22.0 Å². The van der Waals surface area contributed by atoms with Crippen LogP contribution in [0.4, 0.5) is 0 Å².